The molecule has 6 rings (SSSR count). The number of carbonyl (C=O) groups excluding carboxylic acids is 1. The molecule has 1 aromatic heterocycles. The average Bonchev–Trinajstić information content (AvgIpc) is 3.31. The van der Waals surface area contributed by atoms with Crippen molar-refractivity contribution in [1.29, 1.82) is 5.26 Å². The van der Waals surface area contributed by atoms with Gasteiger partial charge in [0.1, 0.15) is 42.6 Å². The fraction of sp³-hybridized carbons (Fsp3) is 0.208. The fourth-order valence-electron chi connectivity index (χ4n) is 4.73. The van der Waals surface area contributed by atoms with E-state index >= 15 is 0 Å². The van der Waals surface area contributed by atoms with E-state index in [-0.39, 0.29) is 18.1 Å². The maximum absolute atomic E-state index is 14.0. The van der Waals surface area contributed by atoms with Crippen LogP contribution in [0.1, 0.15) is 22.4 Å². The summed E-state index contributed by atoms with van der Waals surface area (Å²) >= 11 is 0. The first-order valence-corrected chi connectivity index (χ1v) is 10.1. The summed E-state index contributed by atoms with van der Waals surface area (Å²) in [5, 5.41) is 9.83. The molecule has 7 heteroatoms. The van der Waals surface area contributed by atoms with Crippen molar-refractivity contribution in [3.63, 3.8) is 0 Å². The lowest BCUT2D eigenvalue weighted by Crippen LogP contribution is -2.42. The lowest BCUT2D eigenvalue weighted by molar-refractivity contribution is -0.122. The van der Waals surface area contributed by atoms with Crippen molar-refractivity contribution in [2.45, 2.75) is 12.0 Å². The van der Waals surface area contributed by atoms with Crippen LogP contribution in [0.3, 0.4) is 0 Å². The first kappa shape index (κ1) is 17.8. The van der Waals surface area contributed by atoms with Crippen LogP contribution in [0, 0.1) is 11.3 Å². The van der Waals surface area contributed by atoms with Crippen molar-refractivity contribution in [2.24, 2.45) is 0 Å². The Balaban J connectivity index is 1.55. The highest BCUT2D eigenvalue weighted by atomic mass is 16.6. The molecule has 1 amide bonds. The number of para-hydroxylation sites is 1. The number of rotatable bonds is 2. The molecule has 0 N–H and O–H groups in total. The standard InChI is InChI=1S/C24H17N3O4/c25-12-16-21-18(11-20-22(16)30-10-9-29-20)24(14-31-21)17-6-1-2-7-19(17)27(23(24)28)13-15-5-3-4-8-26-15/h1-8,11H,9-10,13-14H2. The lowest BCUT2D eigenvalue weighted by Gasteiger charge is -2.25. The molecule has 0 radical (unpaired) electrons. The van der Waals surface area contributed by atoms with E-state index < -0.39 is 5.41 Å². The molecule has 0 saturated heterocycles. The van der Waals surface area contributed by atoms with E-state index in [1.165, 1.54) is 0 Å². The van der Waals surface area contributed by atoms with E-state index in [2.05, 4.69) is 11.1 Å². The van der Waals surface area contributed by atoms with Gasteiger partial charge in [0.2, 0.25) is 5.91 Å². The molecule has 1 unspecified atom stereocenters. The van der Waals surface area contributed by atoms with Crippen molar-refractivity contribution in [3.05, 3.63) is 77.1 Å². The summed E-state index contributed by atoms with van der Waals surface area (Å²) in [6, 6.07) is 17.4. The highest BCUT2D eigenvalue weighted by Crippen LogP contribution is 2.56. The van der Waals surface area contributed by atoms with Crippen molar-refractivity contribution in [2.75, 3.05) is 24.7 Å². The topological polar surface area (TPSA) is 84.7 Å². The molecule has 0 aliphatic carbocycles. The van der Waals surface area contributed by atoms with Crippen molar-refractivity contribution in [1.82, 2.24) is 4.98 Å². The summed E-state index contributed by atoms with van der Waals surface area (Å²) in [6.45, 7) is 1.23. The van der Waals surface area contributed by atoms with Gasteiger partial charge in [-0.2, -0.15) is 5.26 Å². The summed E-state index contributed by atoms with van der Waals surface area (Å²) in [5.41, 5.74) is 2.36. The molecular weight excluding hydrogens is 394 g/mol. The van der Waals surface area contributed by atoms with Crippen LogP contribution >= 0.6 is 0 Å². The molecule has 152 valence electrons. The third kappa shape index (κ3) is 2.33. The summed E-state index contributed by atoms with van der Waals surface area (Å²) in [4.78, 5) is 20.1. The molecule has 7 nitrogen and oxygen atoms in total. The van der Waals surface area contributed by atoms with Crippen LogP contribution in [0.5, 0.6) is 17.2 Å². The second kappa shape index (κ2) is 6.47. The van der Waals surface area contributed by atoms with E-state index in [9.17, 15) is 10.1 Å². The Morgan fingerprint density at radius 1 is 1.03 bits per heavy atom. The number of benzene rings is 2. The number of ether oxygens (including phenoxy) is 3. The maximum Gasteiger partial charge on any atom is 0.246 e. The molecule has 3 aromatic rings. The smallest absolute Gasteiger partial charge is 0.246 e. The predicted molar refractivity (Wildman–Crippen MR) is 110 cm³/mol. The summed E-state index contributed by atoms with van der Waals surface area (Å²) in [6.07, 6.45) is 1.72. The third-order valence-electron chi connectivity index (χ3n) is 6.10. The quantitative estimate of drug-likeness (QED) is 0.645. The van der Waals surface area contributed by atoms with Gasteiger partial charge < -0.3 is 19.1 Å². The second-order valence-corrected chi connectivity index (χ2v) is 7.69. The highest BCUT2D eigenvalue weighted by Gasteiger charge is 2.58. The number of hydrogen-bond donors (Lipinski definition) is 0. The van der Waals surface area contributed by atoms with Gasteiger partial charge in [-0.25, -0.2) is 0 Å². The lowest BCUT2D eigenvalue weighted by atomic mass is 9.76. The fourth-order valence-corrected chi connectivity index (χ4v) is 4.73. The van der Waals surface area contributed by atoms with Crippen LogP contribution in [0.15, 0.2) is 54.7 Å². The van der Waals surface area contributed by atoms with Gasteiger partial charge in [-0.3, -0.25) is 9.78 Å². The Labute approximate surface area is 178 Å². The Morgan fingerprint density at radius 3 is 2.71 bits per heavy atom. The normalized spacial score (nSPS) is 20.2. The molecule has 0 bridgehead atoms. The van der Waals surface area contributed by atoms with Crippen LogP contribution in [-0.2, 0) is 16.8 Å². The minimum absolute atomic E-state index is 0.0985. The van der Waals surface area contributed by atoms with Crippen molar-refractivity contribution >= 4 is 11.6 Å². The number of pyridine rings is 1. The number of nitrogens with zero attached hydrogens (tertiary/aromatic N) is 3. The highest BCUT2D eigenvalue weighted by molar-refractivity contribution is 6.11. The minimum atomic E-state index is -1.04. The van der Waals surface area contributed by atoms with E-state index in [0.717, 1.165) is 16.9 Å². The summed E-state index contributed by atoms with van der Waals surface area (Å²) < 4.78 is 17.5. The molecule has 3 aliphatic rings. The van der Waals surface area contributed by atoms with Gasteiger partial charge in [-0.1, -0.05) is 24.3 Å². The third-order valence-corrected chi connectivity index (χ3v) is 6.10. The molecule has 2 aromatic carbocycles. The number of amides is 1. The number of fused-ring (bicyclic) bond motifs is 5. The van der Waals surface area contributed by atoms with Crippen LogP contribution in [0.25, 0.3) is 0 Å². The zero-order valence-corrected chi connectivity index (χ0v) is 16.5. The molecular formula is C24H17N3O4. The van der Waals surface area contributed by atoms with Gasteiger partial charge in [0.25, 0.3) is 0 Å². The number of hydrogen-bond acceptors (Lipinski definition) is 6. The first-order valence-electron chi connectivity index (χ1n) is 10.1. The van der Waals surface area contributed by atoms with Crippen LogP contribution in [0.4, 0.5) is 5.69 Å². The largest absolute Gasteiger partial charge is 0.490 e. The minimum Gasteiger partial charge on any atom is -0.490 e. The molecule has 0 saturated carbocycles. The van der Waals surface area contributed by atoms with Crippen LogP contribution in [-0.4, -0.2) is 30.7 Å². The first-order chi connectivity index (χ1) is 15.2. The van der Waals surface area contributed by atoms with E-state index in [1.54, 1.807) is 17.2 Å². The molecule has 3 aliphatic heterocycles. The molecule has 1 atom stereocenters. The Hall–Kier alpha value is -4.05. The maximum atomic E-state index is 14.0. The van der Waals surface area contributed by atoms with Crippen molar-refractivity contribution in [3.8, 4) is 23.3 Å². The van der Waals surface area contributed by atoms with Crippen molar-refractivity contribution < 1.29 is 19.0 Å². The summed E-state index contributed by atoms with van der Waals surface area (Å²) in [5.74, 6) is 1.15. The Kier molecular flexibility index (Phi) is 3.71. The number of aromatic nitrogens is 1. The molecule has 4 heterocycles. The van der Waals surface area contributed by atoms with Gasteiger partial charge in [-0.15, -0.1) is 0 Å². The van der Waals surface area contributed by atoms with Crippen LogP contribution in [0.2, 0.25) is 0 Å². The number of nitriles is 1. The molecule has 0 fully saturated rings. The number of anilines is 1. The van der Waals surface area contributed by atoms with Crippen LogP contribution < -0.4 is 19.1 Å². The van der Waals surface area contributed by atoms with Gasteiger partial charge in [0, 0.05) is 17.4 Å². The van der Waals surface area contributed by atoms with E-state index in [1.807, 2.05) is 42.5 Å². The average molecular weight is 411 g/mol. The SMILES string of the molecule is N#Cc1c2c(cc3c1OCC31C(=O)N(Cc3ccccn3)c3ccccc31)OCCO2. The zero-order chi connectivity index (χ0) is 21.0. The summed E-state index contributed by atoms with van der Waals surface area (Å²) in [7, 11) is 0. The number of carbonyl (C=O) groups is 1. The Bertz CT molecular complexity index is 1270. The second-order valence-electron chi connectivity index (χ2n) is 7.69. The van der Waals surface area contributed by atoms with Gasteiger partial charge in [-0.05, 0) is 29.8 Å². The van der Waals surface area contributed by atoms with Gasteiger partial charge in [0.15, 0.2) is 11.5 Å². The van der Waals surface area contributed by atoms with E-state index in [0.29, 0.717) is 42.6 Å². The van der Waals surface area contributed by atoms with Gasteiger partial charge in [0.05, 0.1) is 12.2 Å². The monoisotopic (exact) mass is 411 g/mol. The van der Waals surface area contributed by atoms with Gasteiger partial charge >= 0.3 is 0 Å². The van der Waals surface area contributed by atoms with E-state index in [4.69, 9.17) is 14.2 Å². The predicted octanol–water partition coefficient (Wildman–Crippen LogP) is 2.95. The zero-order valence-electron chi connectivity index (χ0n) is 16.5. The molecule has 31 heavy (non-hydrogen) atoms. The Morgan fingerprint density at radius 2 is 1.87 bits per heavy atom. The molecule has 1 spiro atoms.